The Balaban J connectivity index is 2.12. The van der Waals surface area contributed by atoms with Crippen molar-refractivity contribution in [2.24, 2.45) is 0 Å². The number of rotatable bonds is 5. The van der Waals surface area contributed by atoms with Crippen LogP contribution in [0.25, 0.3) is 0 Å². The quantitative estimate of drug-likeness (QED) is 0.580. The van der Waals surface area contributed by atoms with Crippen molar-refractivity contribution >= 4 is 21.9 Å². The minimum Gasteiger partial charge on any atom is -0.454 e. The predicted molar refractivity (Wildman–Crippen MR) is 87.1 cm³/mol. The van der Waals surface area contributed by atoms with E-state index < -0.39 is 34.5 Å². The number of nitrogens with zero attached hydrogens (tertiary/aromatic N) is 1. The molecule has 1 N–H and O–H groups in total. The van der Waals surface area contributed by atoms with Gasteiger partial charge >= 0.3 is 5.97 Å². The summed E-state index contributed by atoms with van der Waals surface area (Å²) in [5.41, 5.74) is 1.73. The topological polar surface area (TPSA) is 92.8 Å². The SMILES string of the molecule is C#CCNC(=O)COC(=O)[C@@H]1Cc2ccccc2CN1S(C)(=O)=O. The third-order valence-corrected chi connectivity index (χ3v) is 4.87. The molecule has 7 nitrogen and oxygen atoms in total. The van der Waals surface area contributed by atoms with E-state index in [0.29, 0.717) is 0 Å². The van der Waals surface area contributed by atoms with Gasteiger partial charge in [-0.15, -0.1) is 6.42 Å². The number of ether oxygens (including phenoxy) is 1. The van der Waals surface area contributed by atoms with Gasteiger partial charge in [0, 0.05) is 13.0 Å². The Labute approximate surface area is 141 Å². The molecule has 0 saturated heterocycles. The van der Waals surface area contributed by atoms with Crippen molar-refractivity contribution in [1.82, 2.24) is 9.62 Å². The minimum absolute atomic E-state index is 0.0304. The average molecular weight is 350 g/mol. The number of sulfonamides is 1. The van der Waals surface area contributed by atoms with Crippen LogP contribution >= 0.6 is 0 Å². The number of hydrogen-bond donors (Lipinski definition) is 1. The Kier molecular flexibility index (Phi) is 5.59. The van der Waals surface area contributed by atoms with Crippen molar-refractivity contribution in [3.63, 3.8) is 0 Å². The highest BCUT2D eigenvalue weighted by molar-refractivity contribution is 7.88. The fraction of sp³-hybridized carbons (Fsp3) is 0.375. The van der Waals surface area contributed by atoms with Gasteiger partial charge in [-0.2, -0.15) is 4.31 Å². The van der Waals surface area contributed by atoms with Crippen LogP contribution in [0.15, 0.2) is 24.3 Å². The van der Waals surface area contributed by atoms with Crippen molar-refractivity contribution < 1.29 is 22.7 Å². The number of terminal acetylenes is 1. The van der Waals surface area contributed by atoms with Crippen molar-refractivity contribution in [2.75, 3.05) is 19.4 Å². The number of amides is 1. The molecular weight excluding hydrogens is 332 g/mol. The van der Waals surface area contributed by atoms with E-state index in [1.807, 2.05) is 24.3 Å². The third kappa shape index (κ3) is 4.34. The summed E-state index contributed by atoms with van der Waals surface area (Å²) in [5.74, 6) is 0.931. The molecule has 0 fully saturated rings. The molecule has 1 aliphatic rings. The summed E-state index contributed by atoms with van der Waals surface area (Å²) in [6.45, 7) is -0.378. The van der Waals surface area contributed by atoms with E-state index in [2.05, 4.69) is 11.2 Å². The molecule has 1 aliphatic heterocycles. The number of esters is 1. The first kappa shape index (κ1) is 18.0. The Morgan fingerprint density at radius 1 is 1.38 bits per heavy atom. The number of carbonyl (C=O) groups is 2. The zero-order chi connectivity index (χ0) is 17.7. The van der Waals surface area contributed by atoms with Gasteiger partial charge in [-0.05, 0) is 11.1 Å². The van der Waals surface area contributed by atoms with Gasteiger partial charge in [0.2, 0.25) is 10.0 Å². The van der Waals surface area contributed by atoms with Crippen molar-refractivity contribution in [1.29, 1.82) is 0 Å². The van der Waals surface area contributed by atoms with Crippen LogP contribution in [0.1, 0.15) is 11.1 Å². The number of carbonyl (C=O) groups excluding carboxylic acids is 2. The molecule has 1 atom stereocenters. The maximum Gasteiger partial charge on any atom is 0.325 e. The molecular formula is C16H18N2O5S. The van der Waals surface area contributed by atoms with Crippen LogP contribution in [-0.4, -0.2) is 50.0 Å². The van der Waals surface area contributed by atoms with E-state index in [-0.39, 0.29) is 19.5 Å². The molecule has 1 aromatic rings. The standard InChI is InChI=1S/C16H18N2O5S/c1-3-8-17-15(19)11-23-16(20)14-9-12-6-4-5-7-13(12)10-18(14)24(2,21)22/h1,4-7,14H,8-11H2,2H3,(H,17,19)/t14-/m0/s1. The van der Waals surface area contributed by atoms with E-state index in [0.717, 1.165) is 21.7 Å². The smallest absolute Gasteiger partial charge is 0.325 e. The molecule has 2 rings (SSSR count). The highest BCUT2D eigenvalue weighted by Gasteiger charge is 2.37. The third-order valence-electron chi connectivity index (χ3n) is 3.64. The van der Waals surface area contributed by atoms with Gasteiger partial charge in [-0.25, -0.2) is 8.42 Å². The van der Waals surface area contributed by atoms with Crippen LogP contribution in [-0.2, 0) is 37.3 Å². The van der Waals surface area contributed by atoms with E-state index in [4.69, 9.17) is 11.2 Å². The number of hydrogen-bond acceptors (Lipinski definition) is 5. The van der Waals surface area contributed by atoms with Gasteiger partial charge in [0.25, 0.3) is 5.91 Å². The molecule has 1 heterocycles. The molecule has 0 radical (unpaired) electrons. The summed E-state index contributed by atoms with van der Waals surface area (Å²) in [4.78, 5) is 23.7. The van der Waals surface area contributed by atoms with Crippen LogP contribution in [0.4, 0.5) is 0 Å². The van der Waals surface area contributed by atoms with Crippen molar-refractivity contribution in [3.05, 3.63) is 35.4 Å². The van der Waals surface area contributed by atoms with E-state index in [9.17, 15) is 18.0 Å². The first-order valence-electron chi connectivity index (χ1n) is 7.23. The zero-order valence-corrected chi connectivity index (χ0v) is 14.0. The lowest BCUT2D eigenvalue weighted by Crippen LogP contribution is -2.49. The Hall–Kier alpha value is -2.37. The van der Waals surface area contributed by atoms with Crippen molar-refractivity contribution in [2.45, 2.75) is 19.0 Å². The van der Waals surface area contributed by atoms with Gasteiger partial charge in [0.05, 0.1) is 12.8 Å². The normalized spacial score (nSPS) is 17.4. The van der Waals surface area contributed by atoms with Gasteiger partial charge in [0.1, 0.15) is 6.04 Å². The van der Waals surface area contributed by atoms with E-state index >= 15 is 0 Å². The highest BCUT2D eigenvalue weighted by atomic mass is 32.2. The van der Waals surface area contributed by atoms with E-state index in [1.165, 1.54) is 0 Å². The summed E-state index contributed by atoms with van der Waals surface area (Å²) in [5, 5.41) is 2.36. The van der Waals surface area contributed by atoms with Gasteiger partial charge in [0.15, 0.2) is 6.61 Å². The van der Waals surface area contributed by atoms with Crippen LogP contribution in [0.2, 0.25) is 0 Å². The van der Waals surface area contributed by atoms with Crippen LogP contribution in [0, 0.1) is 12.3 Å². The second-order valence-corrected chi connectivity index (χ2v) is 7.32. The summed E-state index contributed by atoms with van der Waals surface area (Å²) >= 11 is 0. The Morgan fingerprint density at radius 2 is 2.04 bits per heavy atom. The molecule has 0 saturated carbocycles. The summed E-state index contributed by atoms with van der Waals surface area (Å²) in [6, 6.07) is 6.31. The molecule has 128 valence electrons. The second kappa shape index (κ2) is 7.47. The number of nitrogens with one attached hydrogen (secondary N) is 1. The van der Waals surface area contributed by atoms with Crippen LogP contribution < -0.4 is 5.32 Å². The molecule has 24 heavy (non-hydrogen) atoms. The summed E-state index contributed by atoms with van der Waals surface area (Å²) < 4.78 is 30.1. The molecule has 1 amide bonds. The molecule has 0 unspecified atom stereocenters. The first-order valence-corrected chi connectivity index (χ1v) is 9.08. The first-order chi connectivity index (χ1) is 11.3. The Bertz CT molecular complexity index is 782. The average Bonchev–Trinajstić information content (AvgIpc) is 2.55. The molecule has 0 aliphatic carbocycles. The molecule has 8 heteroatoms. The summed E-state index contributed by atoms with van der Waals surface area (Å²) in [6.07, 6.45) is 6.26. The highest BCUT2D eigenvalue weighted by Crippen LogP contribution is 2.26. The lowest BCUT2D eigenvalue weighted by molar-refractivity contribution is -0.152. The lowest BCUT2D eigenvalue weighted by Gasteiger charge is -2.33. The van der Waals surface area contributed by atoms with Gasteiger partial charge in [-0.1, -0.05) is 30.2 Å². The number of fused-ring (bicyclic) bond motifs is 1. The molecule has 0 bridgehead atoms. The zero-order valence-electron chi connectivity index (χ0n) is 13.2. The molecule has 1 aromatic carbocycles. The molecule has 0 aromatic heterocycles. The van der Waals surface area contributed by atoms with Crippen molar-refractivity contribution in [3.8, 4) is 12.3 Å². The second-order valence-electron chi connectivity index (χ2n) is 5.39. The largest absolute Gasteiger partial charge is 0.454 e. The number of benzene rings is 1. The monoisotopic (exact) mass is 350 g/mol. The van der Waals surface area contributed by atoms with Gasteiger partial charge in [-0.3, -0.25) is 9.59 Å². The fourth-order valence-corrected chi connectivity index (χ4v) is 3.48. The lowest BCUT2D eigenvalue weighted by atomic mass is 9.96. The predicted octanol–water partition coefficient (Wildman–Crippen LogP) is -0.334. The maximum atomic E-state index is 12.3. The minimum atomic E-state index is -3.61. The Morgan fingerprint density at radius 3 is 2.67 bits per heavy atom. The van der Waals surface area contributed by atoms with Gasteiger partial charge < -0.3 is 10.1 Å². The van der Waals surface area contributed by atoms with Crippen LogP contribution in [0.3, 0.4) is 0 Å². The molecule has 0 spiro atoms. The van der Waals surface area contributed by atoms with E-state index in [1.54, 1.807) is 0 Å². The fourth-order valence-electron chi connectivity index (χ4n) is 2.48. The summed E-state index contributed by atoms with van der Waals surface area (Å²) in [7, 11) is -3.61. The van der Waals surface area contributed by atoms with Crippen LogP contribution in [0.5, 0.6) is 0 Å². The maximum absolute atomic E-state index is 12.3.